The molecule has 3 aromatic rings. The van der Waals surface area contributed by atoms with E-state index in [0.717, 1.165) is 27.9 Å². The van der Waals surface area contributed by atoms with E-state index in [0.29, 0.717) is 6.61 Å². The first-order chi connectivity index (χ1) is 9.38. The molecular formula is C16H14N2O. The molecule has 3 rings (SSSR count). The standard InChI is InChI=1S/C16H14N2O/c1-2-19-16-10-6-4-8-13(16)15-11-12-7-3-5-9-14(12)17-18-15/h3-11H,2H2,1H3. The van der Waals surface area contributed by atoms with Crippen LogP contribution >= 0.6 is 0 Å². The minimum atomic E-state index is 0.637. The van der Waals surface area contributed by atoms with Gasteiger partial charge in [0.15, 0.2) is 0 Å². The van der Waals surface area contributed by atoms with Crippen molar-refractivity contribution in [2.75, 3.05) is 6.61 Å². The largest absolute Gasteiger partial charge is 0.493 e. The molecule has 2 aromatic carbocycles. The van der Waals surface area contributed by atoms with E-state index in [9.17, 15) is 0 Å². The second-order valence-corrected chi connectivity index (χ2v) is 4.22. The molecule has 0 N–H and O–H groups in total. The predicted octanol–water partition coefficient (Wildman–Crippen LogP) is 3.70. The van der Waals surface area contributed by atoms with Crippen LogP contribution in [0.25, 0.3) is 22.2 Å². The van der Waals surface area contributed by atoms with Crippen molar-refractivity contribution in [3.8, 4) is 17.0 Å². The normalized spacial score (nSPS) is 10.6. The van der Waals surface area contributed by atoms with Gasteiger partial charge >= 0.3 is 0 Å². The molecule has 1 aromatic heterocycles. The number of benzene rings is 2. The van der Waals surface area contributed by atoms with E-state index >= 15 is 0 Å². The third-order valence-electron chi connectivity index (χ3n) is 2.96. The molecule has 0 radical (unpaired) electrons. The van der Waals surface area contributed by atoms with Crippen LogP contribution in [0.2, 0.25) is 0 Å². The monoisotopic (exact) mass is 250 g/mol. The molecule has 0 saturated heterocycles. The van der Waals surface area contributed by atoms with Crippen molar-refractivity contribution in [3.05, 3.63) is 54.6 Å². The molecule has 0 spiro atoms. The molecule has 0 bridgehead atoms. The van der Waals surface area contributed by atoms with Gasteiger partial charge < -0.3 is 4.74 Å². The van der Waals surface area contributed by atoms with Gasteiger partial charge in [0.2, 0.25) is 0 Å². The Labute approximate surface area is 111 Å². The molecule has 0 unspecified atom stereocenters. The first-order valence-electron chi connectivity index (χ1n) is 6.33. The lowest BCUT2D eigenvalue weighted by atomic mass is 10.1. The van der Waals surface area contributed by atoms with Crippen LogP contribution < -0.4 is 4.74 Å². The van der Waals surface area contributed by atoms with E-state index in [1.807, 2.05) is 61.5 Å². The number of ether oxygens (including phenoxy) is 1. The van der Waals surface area contributed by atoms with Gasteiger partial charge in [-0.05, 0) is 31.2 Å². The van der Waals surface area contributed by atoms with Gasteiger partial charge in [-0.15, -0.1) is 10.2 Å². The van der Waals surface area contributed by atoms with E-state index in [2.05, 4.69) is 10.2 Å². The first-order valence-corrected chi connectivity index (χ1v) is 6.33. The SMILES string of the molecule is CCOc1ccccc1-c1cc2ccccc2nn1. The van der Waals surface area contributed by atoms with Gasteiger partial charge in [0.1, 0.15) is 5.75 Å². The van der Waals surface area contributed by atoms with Crippen molar-refractivity contribution in [3.63, 3.8) is 0 Å². The zero-order valence-corrected chi connectivity index (χ0v) is 10.7. The van der Waals surface area contributed by atoms with E-state index in [-0.39, 0.29) is 0 Å². The number of hydrogen-bond acceptors (Lipinski definition) is 3. The van der Waals surface area contributed by atoms with Crippen molar-refractivity contribution in [1.82, 2.24) is 10.2 Å². The van der Waals surface area contributed by atoms with Crippen LogP contribution in [-0.4, -0.2) is 16.8 Å². The third kappa shape index (κ3) is 2.27. The van der Waals surface area contributed by atoms with Crippen LogP contribution in [-0.2, 0) is 0 Å². The highest BCUT2D eigenvalue weighted by molar-refractivity contribution is 5.82. The Kier molecular flexibility index (Phi) is 3.11. The fourth-order valence-corrected chi connectivity index (χ4v) is 2.08. The number of nitrogens with zero attached hydrogens (tertiary/aromatic N) is 2. The Morgan fingerprint density at radius 3 is 2.63 bits per heavy atom. The summed E-state index contributed by atoms with van der Waals surface area (Å²) in [6, 6.07) is 17.9. The summed E-state index contributed by atoms with van der Waals surface area (Å²) in [5.74, 6) is 0.842. The smallest absolute Gasteiger partial charge is 0.128 e. The molecule has 3 heteroatoms. The highest BCUT2D eigenvalue weighted by atomic mass is 16.5. The summed E-state index contributed by atoms with van der Waals surface area (Å²) in [5.41, 5.74) is 2.71. The number of rotatable bonds is 3. The van der Waals surface area contributed by atoms with Crippen molar-refractivity contribution < 1.29 is 4.74 Å². The number of aromatic nitrogens is 2. The van der Waals surface area contributed by atoms with Gasteiger partial charge in [-0.1, -0.05) is 30.3 Å². The van der Waals surface area contributed by atoms with Gasteiger partial charge in [-0.25, -0.2) is 0 Å². The second-order valence-electron chi connectivity index (χ2n) is 4.22. The van der Waals surface area contributed by atoms with Crippen molar-refractivity contribution >= 4 is 10.9 Å². The summed E-state index contributed by atoms with van der Waals surface area (Å²) in [7, 11) is 0. The predicted molar refractivity (Wildman–Crippen MR) is 76.1 cm³/mol. The number of hydrogen-bond donors (Lipinski definition) is 0. The summed E-state index contributed by atoms with van der Waals surface area (Å²) in [6.07, 6.45) is 0. The molecule has 0 aliphatic rings. The summed E-state index contributed by atoms with van der Waals surface area (Å²) in [4.78, 5) is 0. The molecule has 0 aliphatic carbocycles. The zero-order valence-electron chi connectivity index (χ0n) is 10.7. The molecule has 0 fully saturated rings. The molecule has 1 heterocycles. The van der Waals surface area contributed by atoms with Crippen molar-refractivity contribution in [1.29, 1.82) is 0 Å². The maximum absolute atomic E-state index is 5.64. The van der Waals surface area contributed by atoms with E-state index < -0.39 is 0 Å². The number of fused-ring (bicyclic) bond motifs is 1. The quantitative estimate of drug-likeness (QED) is 0.711. The van der Waals surface area contributed by atoms with E-state index in [1.54, 1.807) is 0 Å². The summed E-state index contributed by atoms with van der Waals surface area (Å²) < 4.78 is 5.64. The van der Waals surface area contributed by atoms with Gasteiger partial charge in [0, 0.05) is 10.9 Å². The molecule has 0 amide bonds. The maximum Gasteiger partial charge on any atom is 0.128 e. The highest BCUT2D eigenvalue weighted by Crippen LogP contribution is 2.29. The molecular weight excluding hydrogens is 236 g/mol. The topological polar surface area (TPSA) is 35.0 Å². The van der Waals surface area contributed by atoms with Crippen LogP contribution in [0.15, 0.2) is 54.6 Å². The third-order valence-corrected chi connectivity index (χ3v) is 2.96. The highest BCUT2D eigenvalue weighted by Gasteiger charge is 2.08. The Hall–Kier alpha value is -2.42. The fourth-order valence-electron chi connectivity index (χ4n) is 2.08. The average Bonchev–Trinajstić information content (AvgIpc) is 2.48. The zero-order chi connectivity index (χ0) is 13.1. The Morgan fingerprint density at radius 1 is 0.947 bits per heavy atom. The molecule has 0 saturated carbocycles. The fraction of sp³-hybridized carbons (Fsp3) is 0.125. The van der Waals surface area contributed by atoms with Crippen LogP contribution in [0.5, 0.6) is 5.75 Å². The van der Waals surface area contributed by atoms with Crippen molar-refractivity contribution in [2.24, 2.45) is 0 Å². The molecule has 3 nitrogen and oxygen atoms in total. The van der Waals surface area contributed by atoms with Gasteiger partial charge in [0.25, 0.3) is 0 Å². The van der Waals surface area contributed by atoms with Gasteiger partial charge in [-0.2, -0.15) is 0 Å². The van der Waals surface area contributed by atoms with Gasteiger partial charge in [-0.3, -0.25) is 0 Å². The molecule has 19 heavy (non-hydrogen) atoms. The van der Waals surface area contributed by atoms with Crippen LogP contribution in [0.4, 0.5) is 0 Å². The first kappa shape index (κ1) is 11.7. The lowest BCUT2D eigenvalue weighted by molar-refractivity contribution is 0.341. The summed E-state index contributed by atoms with van der Waals surface area (Å²) in [5, 5.41) is 9.63. The van der Waals surface area contributed by atoms with Crippen LogP contribution in [0.1, 0.15) is 6.92 Å². The Bertz CT molecular complexity index is 710. The number of para-hydroxylation sites is 1. The minimum Gasteiger partial charge on any atom is -0.493 e. The second kappa shape index (κ2) is 5.06. The summed E-state index contributed by atoms with van der Waals surface area (Å²) in [6.45, 7) is 2.61. The lowest BCUT2D eigenvalue weighted by Gasteiger charge is -2.09. The van der Waals surface area contributed by atoms with Crippen molar-refractivity contribution in [2.45, 2.75) is 6.92 Å². The average molecular weight is 250 g/mol. The minimum absolute atomic E-state index is 0.637. The van der Waals surface area contributed by atoms with Crippen LogP contribution in [0, 0.1) is 0 Å². The Balaban J connectivity index is 2.13. The Morgan fingerprint density at radius 2 is 1.74 bits per heavy atom. The van der Waals surface area contributed by atoms with Gasteiger partial charge in [0.05, 0.1) is 17.8 Å². The van der Waals surface area contributed by atoms with E-state index in [1.165, 1.54) is 0 Å². The molecule has 0 aliphatic heterocycles. The van der Waals surface area contributed by atoms with E-state index in [4.69, 9.17) is 4.74 Å². The van der Waals surface area contributed by atoms with Crippen LogP contribution in [0.3, 0.4) is 0 Å². The summed E-state index contributed by atoms with van der Waals surface area (Å²) >= 11 is 0. The maximum atomic E-state index is 5.64. The molecule has 94 valence electrons. The molecule has 0 atom stereocenters. The lowest BCUT2D eigenvalue weighted by Crippen LogP contribution is -1.96.